The SMILES string of the molecule is COc1ccc(C2CC(=O)C3C(=Nc4ccccc4NC3c3ccccc3Cl)C2)cc1. The van der Waals surface area contributed by atoms with Crippen LogP contribution >= 0.6 is 11.6 Å². The van der Waals surface area contributed by atoms with Gasteiger partial charge in [0.05, 0.1) is 30.4 Å². The molecule has 3 atom stereocenters. The molecule has 0 amide bonds. The lowest BCUT2D eigenvalue weighted by Crippen LogP contribution is -2.38. The van der Waals surface area contributed by atoms with Crippen LogP contribution in [-0.4, -0.2) is 18.6 Å². The summed E-state index contributed by atoms with van der Waals surface area (Å²) in [6, 6.07) is 23.4. The highest BCUT2D eigenvalue weighted by atomic mass is 35.5. The molecule has 5 heteroatoms. The molecule has 3 unspecified atom stereocenters. The predicted octanol–water partition coefficient (Wildman–Crippen LogP) is 6.35. The van der Waals surface area contributed by atoms with Gasteiger partial charge in [0, 0.05) is 17.2 Å². The summed E-state index contributed by atoms with van der Waals surface area (Å²) in [5.41, 5.74) is 4.76. The number of halogens is 1. The fourth-order valence-corrected chi connectivity index (χ4v) is 4.95. The Balaban J connectivity index is 1.57. The molecule has 3 aromatic rings. The lowest BCUT2D eigenvalue weighted by atomic mass is 9.72. The van der Waals surface area contributed by atoms with Crippen LogP contribution in [0.25, 0.3) is 0 Å². The molecule has 1 heterocycles. The van der Waals surface area contributed by atoms with Gasteiger partial charge in [-0.05, 0) is 53.8 Å². The van der Waals surface area contributed by atoms with Crippen molar-refractivity contribution >= 4 is 34.5 Å². The topological polar surface area (TPSA) is 50.7 Å². The molecule has 3 aromatic carbocycles. The summed E-state index contributed by atoms with van der Waals surface area (Å²) >= 11 is 6.57. The number of para-hydroxylation sites is 2. The Morgan fingerprint density at radius 2 is 1.71 bits per heavy atom. The van der Waals surface area contributed by atoms with Crippen LogP contribution in [0.15, 0.2) is 77.8 Å². The van der Waals surface area contributed by atoms with Crippen molar-refractivity contribution in [1.29, 1.82) is 0 Å². The van der Waals surface area contributed by atoms with E-state index >= 15 is 0 Å². The van der Waals surface area contributed by atoms with Crippen molar-refractivity contribution < 1.29 is 9.53 Å². The van der Waals surface area contributed by atoms with Gasteiger partial charge < -0.3 is 10.1 Å². The Hall–Kier alpha value is -3.11. The van der Waals surface area contributed by atoms with Crippen molar-refractivity contribution in [2.75, 3.05) is 12.4 Å². The summed E-state index contributed by atoms with van der Waals surface area (Å²) in [5.74, 6) is 0.760. The maximum Gasteiger partial charge on any atom is 0.144 e. The second-order valence-corrected chi connectivity index (χ2v) is 8.49. The van der Waals surface area contributed by atoms with Crippen LogP contribution in [-0.2, 0) is 4.79 Å². The second kappa shape index (κ2) is 8.20. The molecule has 156 valence electrons. The van der Waals surface area contributed by atoms with E-state index in [0.717, 1.165) is 40.4 Å². The summed E-state index contributed by atoms with van der Waals surface area (Å²) in [7, 11) is 1.66. The third-order valence-electron chi connectivity index (χ3n) is 6.25. The van der Waals surface area contributed by atoms with E-state index in [1.165, 1.54) is 0 Å². The van der Waals surface area contributed by atoms with Crippen LogP contribution in [0.2, 0.25) is 5.02 Å². The van der Waals surface area contributed by atoms with Crippen LogP contribution in [0.4, 0.5) is 11.4 Å². The van der Waals surface area contributed by atoms with E-state index in [9.17, 15) is 4.79 Å². The number of anilines is 1. The molecule has 0 spiro atoms. The zero-order chi connectivity index (χ0) is 21.4. The molecule has 0 bridgehead atoms. The van der Waals surface area contributed by atoms with E-state index in [-0.39, 0.29) is 23.7 Å². The van der Waals surface area contributed by atoms with Gasteiger partial charge in [0.15, 0.2) is 0 Å². The summed E-state index contributed by atoms with van der Waals surface area (Å²) in [4.78, 5) is 18.5. The fraction of sp³-hybridized carbons (Fsp3) is 0.231. The minimum atomic E-state index is -0.346. The lowest BCUT2D eigenvalue weighted by molar-refractivity contribution is -0.122. The van der Waals surface area contributed by atoms with Crippen molar-refractivity contribution in [2.24, 2.45) is 10.9 Å². The Labute approximate surface area is 186 Å². The molecule has 1 fully saturated rings. The third-order valence-corrected chi connectivity index (χ3v) is 6.59. The van der Waals surface area contributed by atoms with Crippen molar-refractivity contribution in [3.05, 3.63) is 88.9 Å². The van der Waals surface area contributed by atoms with Gasteiger partial charge in [0.25, 0.3) is 0 Å². The van der Waals surface area contributed by atoms with Gasteiger partial charge in [-0.3, -0.25) is 9.79 Å². The van der Waals surface area contributed by atoms with E-state index in [1.54, 1.807) is 7.11 Å². The molecule has 1 aliphatic heterocycles. The number of ether oxygens (including phenoxy) is 1. The first-order valence-corrected chi connectivity index (χ1v) is 10.9. The van der Waals surface area contributed by atoms with Gasteiger partial charge in [-0.25, -0.2) is 0 Å². The summed E-state index contributed by atoms with van der Waals surface area (Å²) in [5, 5.41) is 4.24. The second-order valence-electron chi connectivity index (χ2n) is 8.09. The van der Waals surface area contributed by atoms with Crippen molar-refractivity contribution in [3.63, 3.8) is 0 Å². The summed E-state index contributed by atoms with van der Waals surface area (Å²) in [6.45, 7) is 0. The number of hydrogen-bond acceptors (Lipinski definition) is 4. The highest BCUT2D eigenvalue weighted by molar-refractivity contribution is 6.31. The van der Waals surface area contributed by atoms with Gasteiger partial charge in [0.1, 0.15) is 11.5 Å². The Bertz CT molecular complexity index is 1160. The molecule has 31 heavy (non-hydrogen) atoms. The van der Waals surface area contributed by atoms with Gasteiger partial charge >= 0.3 is 0 Å². The van der Waals surface area contributed by atoms with Crippen molar-refractivity contribution in [2.45, 2.75) is 24.8 Å². The molecule has 1 saturated carbocycles. The molecule has 0 radical (unpaired) electrons. The van der Waals surface area contributed by atoms with Gasteiger partial charge in [0.2, 0.25) is 0 Å². The zero-order valence-electron chi connectivity index (χ0n) is 17.2. The number of hydrogen-bond donors (Lipinski definition) is 1. The van der Waals surface area contributed by atoms with Crippen molar-refractivity contribution in [3.8, 4) is 5.75 Å². The molecule has 4 nitrogen and oxygen atoms in total. The van der Waals surface area contributed by atoms with Crippen LogP contribution in [0.1, 0.15) is 35.9 Å². The average molecular weight is 431 g/mol. The minimum absolute atomic E-state index is 0.102. The maximum absolute atomic E-state index is 13.5. The number of carbonyl (C=O) groups is 1. The van der Waals surface area contributed by atoms with Gasteiger partial charge in [-0.15, -0.1) is 0 Å². The van der Waals surface area contributed by atoms with Crippen LogP contribution in [0.5, 0.6) is 5.75 Å². The molecular weight excluding hydrogens is 408 g/mol. The highest BCUT2D eigenvalue weighted by Crippen LogP contribution is 2.45. The van der Waals surface area contributed by atoms with Crippen LogP contribution in [0, 0.1) is 5.92 Å². The number of carbonyl (C=O) groups excluding carboxylic acids is 1. The van der Waals surface area contributed by atoms with Gasteiger partial charge in [-0.2, -0.15) is 0 Å². The van der Waals surface area contributed by atoms with E-state index in [1.807, 2.05) is 72.8 Å². The standard InChI is InChI=1S/C26H23ClN2O2/c1-31-18-12-10-16(11-13-18)17-14-23-25(24(30)15-17)26(19-6-2-3-7-20(19)27)29-22-9-5-4-8-21(22)28-23/h2-13,17,25-26,29H,14-15H2,1H3. The number of rotatable bonds is 3. The number of nitrogens with zero attached hydrogens (tertiary/aromatic N) is 1. The fourth-order valence-electron chi connectivity index (χ4n) is 4.70. The normalized spacial score (nSPS) is 22.5. The number of benzene rings is 3. The Kier molecular flexibility index (Phi) is 5.24. The molecule has 5 rings (SSSR count). The van der Waals surface area contributed by atoms with E-state index in [2.05, 4.69) is 5.32 Å². The third kappa shape index (κ3) is 3.72. The number of Topliss-reactive ketones (excluding diaryl/α,β-unsaturated/α-hetero) is 1. The molecule has 2 aliphatic rings. The number of nitrogens with one attached hydrogen (secondary N) is 1. The van der Waals surface area contributed by atoms with E-state index < -0.39 is 0 Å². The number of aliphatic imine (C=N–C) groups is 1. The number of ketones is 1. The smallest absolute Gasteiger partial charge is 0.144 e. The zero-order valence-corrected chi connectivity index (χ0v) is 18.0. The molecule has 1 N–H and O–H groups in total. The maximum atomic E-state index is 13.5. The predicted molar refractivity (Wildman–Crippen MR) is 125 cm³/mol. The minimum Gasteiger partial charge on any atom is -0.497 e. The highest BCUT2D eigenvalue weighted by Gasteiger charge is 2.42. The molecule has 0 saturated heterocycles. The van der Waals surface area contributed by atoms with Crippen LogP contribution < -0.4 is 10.1 Å². The lowest BCUT2D eigenvalue weighted by Gasteiger charge is -2.34. The molecule has 0 aromatic heterocycles. The molecular formula is C26H23ClN2O2. The average Bonchev–Trinajstić information content (AvgIpc) is 2.96. The largest absolute Gasteiger partial charge is 0.497 e. The first kappa shape index (κ1) is 19.8. The van der Waals surface area contributed by atoms with Gasteiger partial charge in [-0.1, -0.05) is 54.1 Å². The Morgan fingerprint density at radius 3 is 2.48 bits per heavy atom. The quantitative estimate of drug-likeness (QED) is 0.526. The van der Waals surface area contributed by atoms with Crippen molar-refractivity contribution in [1.82, 2.24) is 0 Å². The monoisotopic (exact) mass is 430 g/mol. The first-order chi connectivity index (χ1) is 15.1. The van der Waals surface area contributed by atoms with E-state index in [4.69, 9.17) is 21.3 Å². The van der Waals surface area contributed by atoms with E-state index in [0.29, 0.717) is 11.4 Å². The molecule has 1 aliphatic carbocycles. The first-order valence-electron chi connectivity index (χ1n) is 10.5. The summed E-state index contributed by atoms with van der Waals surface area (Å²) < 4.78 is 5.28. The number of fused-ring (bicyclic) bond motifs is 2. The van der Waals surface area contributed by atoms with Crippen LogP contribution in [0.3, 0.4) is 0 Å². The Morgan fingerprint density at radius 1 is 0.968 bits per heavy atom. The number of methoxy groups -OCH3 is 1. The summed E-state index contributed by atoms with van der Waals surface area (Å²) in [6.07, 6.45) is 1.22.